The fourth-order valence-corrected chi connectivity index (χ4v) is 3.45. The van der Waals surface area contributed by atoms with Crippen molar-refractivity contribution in [1.29, 1.82) is 0 Å². The van der Waals surface area contributed by atoms with Crippen molar-refractivity contribution < 1.29 is 14.4 Å². The van der Waals surface area contributed by atoms with Crippen LogP contribution in [-0.2, 0) is 16.2 Å². The molecule has 2 aromatic carbocycles. The lowest BCUT2D eigenvalue weighted by Gasteiger charge is -2.23. The molecule has 1 aliphatic rings. The third-order valence-corrected chi connectivity index (χ3v) is 4.46. The highest BCUT2D eigenvalue weighted by molar-refractivity contribution is 6.13. The van der Waals surface area contributed by atoms with E-state index in [1.807, 2.05) is 24.3 Å². The Balaban J connectivity index is 2.12. The molecule has 1 aliphatic heterocycles. The molecular formula is C19H16N2O4. The second-order valence-electron chi connectivity index (χ2n) is 5.91. The molecule has 1 aromatic heterocycles. The first-order valence-electron chi connectivity index (χ1n) is 7.99. The topological polar surface area (TPSA) is 69.9 Å². The summed E-state index contributed by atoms with van der Waals surface area (Å²) in [6.45, 7) is 1.95. The highest BCUT2D eigenvalue weighted by Crippen LogP contribution is 2.31. The van der Waals surface area contributed by atoms with Crippen LogP contribution in [0.5, 0.6) is 5.75 Å². The van der Waals surface area contributed by atoms with Gasteiger partial charge in [0.2, 0.25) is 5.43 Å². The molecule has 6 heteroatoms. The fraction of sp³-hybridized carbons (Fsp3) is 0.211. The maximum absolute atomic E-state index is 13.1. The van der Waals surface area contributed by atoms with Crippen molar-refractivity contribution in [2.24, 2.45) is 5.16 Å². The summed E-state index contributed by atoms with van der Waals surface area (Å²) in [4.78, 5) is 29.0. The molecule has 0 spiro atoms. The minimum atomic E-state index is -0.467. The largest absolute Gasteiger partial charge is 0.496 e. The standard InChI is InChI=1S/C19H16N2O4/c1-11(22)25-20-14-9-10-21-15-7-4-8-16(24-2)17(15)19(23)13-6-3-5-12(14)18(13)21/h3-8H,9-10H2,1-2H3/b20-14+. The van der Waals surface area contributed by atoms with Gasteiger partial charge < -0.3 is 14.1 Å². The lowest BCUT2D eigenvalue weighted by atomic mass is 9.97. The quantitative estimate of drug-likeness (QED) is 0.410. The van der Waals surface area contributed by atoms with Crippen molar-refractivity contribution in [1.82, 2.24) is 4.57 Å². The molecule has 6 nitrogen and oxygen atoms in total. The molecule has 2 heterocycles. The maximum Gasteiger partial charge on any atom is 0.331 e. The fourth-order valence-electron chi connectivity index (χ4n) is 3.45. The van der Waals surface area contributed by atoms with Crippen LogP contribution < -0.4 is 10.2 Å². The summed E-state index contributed by atoms with van der Waals surface area (Å²) < 4.78 is 7.50. The van der Waals surface area contributed by atoms with Crippen LogP contribution in [0.25, 0.3) is 21.8 Å². The van der Waals surface area contributed by atoms with Gasteiger partial charge in [0.05, 0.1) is 29.2 Å². The monoisotopic (exact) mass is 336 g/mol. The Morgan fingerprint density at radius 3 is 2.76 bits per heavy atom. The highest BCUT2D eigenvalue weighted by atomic mass is 16.7. The van der Waals surface area contributed by atoms with E-state index in [1.54, 1.807) is 19.2 Å². The van der Waals surface area contributed by atoms with E-state index < -0.39 is 5.97 Å². The minimum Gasteiger partial charge on any atom is -0.496 e. The van der Waals surface area contributed by atoms with Crippen molar-refractivity contribution in [3.05, 3.63) is 52.2 Å². The van der Waals surface area contributed by atoms with Crippen LogP contribution in [0.4, 0.5) is 0 Å². The summed E-state index contributed by atoms with van der Waals surface area (Å²) in [7, 11) is 1.56. The summed E-state index contributed by atoms with van der Waals surface area (Å²) in [5.74, 6) is 0.101. The summed E-state index contributed by atoms with van der Waals surface area (Å²) >= 11 is 0. The third kappa shape index (κ3) is 2.29. The average molecular weight is 336 g/mol. The number of carbonyl (C=O) groups excluding carboxylic acids is 1. The molecule has 126 valence electrons. The van der Waals surface area contributed by atoms with E-state index in [-0.39, 0.29) is 5.43 Å². The van der Waals surface area contributed by atoms with Crippen molar-refractivity contribution >= 4 is 33.5 Å². The van der Waals surface area contributed by atoms with Crippen LogP contribution in [0.3, 0.4) is 0 Å². The number of para-hydroxylation sites is 1. The van der Waals surface area contributed by atoms with Gasteiger partial charge in [0.25, 0.3) is 0 Å². The lowest BCUT2D eigenvalue weighted by Crippen LogP contribution is -2.21. The Bertz CT molecular complexity index is 1110. The van der Waals surface area contributed by atoms with Crippen LogP contribution >= 0.6 is 0 Å². The summed E-state index contributed by atoms with van der Waals surface area (Å²) in [6.07, 6.45) is 0.606. The van der Waals surface area contributed by atoms with Crippen LogP contribution in [0, 0.1) is 0 Å². The molecule has 0 aliphatic carbocycles. The van der Waals surface area contributed by atoms with Gasteiger partial charge in [0.1, 0.15) is 5.75 Å². The average Bonchev–Trinajstić information content (AvgIpc) is 2.63. The second-order valence-corrected chi connectivity index (χ2v) is 5.91. The van der Waals surface area contributed by atoms with E-state index in [9.17, 15) is 9.59 Å². The molecule has 0 saturated heterocycles. The van der Waals surface area contributed by atoms with Gasteiger partial charge in [0.15, 0.2) is 0 Å². The predicted molar refractivity (Wildman–Crippen MR) is 95.2 cm³/mol. The predicted octanol–water partition coefficient (Wildman–Crippen LogP) is 2.83. The summed E-state index contributed by atoms with van der Waals surface area (Å²) in [5, 5.41) is 5.16. The molecular weight excluding hydrogens is 320 g/mol. The molecule has 4 rings (SSSR count). The number of methoxy groups -OCH3 is 1. The van der Waals surface area contributed by atoms with Crippen molar-refractivity contribution in [3.8, 4) is 5.75 Å². The number of hydrogen-bond donors (Lipinski definition) is 0. The SMILES string of the molecule is COc1cccc2c1c(=O)c1cccc3c1n2CC/C3=N\OC(C)=O. The molecule has 0 radical (unpaired) electrons. The van der Waals surface area contributed by atoms with Gasteiger partial charge in [-0.15, -0.1) is 0 Å². The number of aromatic nitrogens is 1. The number of fused-ring (bicyclic) bond motifs is 2. The van der Waals surface area contributed by atoms with Crippen molar-refractivity contribution in [2.75, 3.05) is 7.11 Å². The van der Waals surface area contributed by atoms with Gasteiger partial charge in [-0.25, -0.2) is 4.79 Å². The Morgan fingerprint density at radius 1 is 1.20 bits per heavy atom. The molecule has 0 N–H and O–H groups in total. The van der Waals surface area contributed by atoms with E-state index >= 15 is 0 Å². The Hall–Kier alpha value is -3.15. The number of aryl methyl sites for hydroxylation is 1. The molecule has 25 heavy (non-hydrogen) atoms. The van der Waals surface area contributed by atoms with Crippen LogP contribution in [0.1, 0.15) is 18.9 Å². The first-order valence-corrected chi connectivity index (χ1v) is 7.99. The van der Waals surface area contributed by atoms with E-state index in [1.165, 1.54) is 6.92 Å². The first-order chi connectivity index (χ1) is 12.1. The molecule has 0 atom stereocenters. The van der Waals surface area contributed by atoms with Crippen molar-refractivity contribution in [3.63, 3.8) is 0 Å². The number of oxime groups is 1. The molecule has 0 amide bonds. The van der Waals surface area contributed by atoms with Crippen LogP contribution in [0.15, 0.2) is 46.3 Å². The molecule has 0 saturated carbocycles. The molecule has 0 fully saturated rings. The Labute approximate surface area is 143 Å². The lowest BCUT2D eigenvalue weighted by molar-refractivity contribution is -0.140. The minimum absolute atomic E-state index is 0.0747. The number of hydrogen-bond acceptors (Lipinski definition) is 5. The number of benzene rings is 2. The number of pyridine rings is 1. The van der Waals surface area contributed by atoms with Crippen LogP contribution in [-0.4, -0.2) is 23.4 Å². The molecule has 3 aromatic rings. The Morgan fingerprint density at radius 2 is 2.00 bits per heavy atom. The number of nitrogens with zero attached hydrogens (tertiary/aromatic N) is 2. The maximum atomic E-state index is 13.1. The van der Waals surface area contributed by atoms with E-state index in [2.05, 4.69) is 9.72 Å². The number of rotatable bonds is 2. The van der Waals surface area contributed by atoms with Gasteiger partial charge >= 0.3 is 5.97 Å². The number of ether oxygens (including phenoxy) is 1. The summed E-state index contributed by atoms with van der Waals surface area (Å²) in [6, 6.07) is 11.1. The van der Waals surface area contributed by atoms with Crippen molar-refractivity contribution in [2.45, 2.75) is 19.9 Å². The Kier molecular flexibility index (Phi) is 3.53. The smallest absolute Gasteiger partial charge is 0.331 e. The van der Waals surface area contributed by atoms with Gasteiger partial charge in [-0.05, 0) is 18.2 Å². The highest BCUT2D eigenvalue weighted by Gasteiger charge is 2.23. The zero-order valence-electron chi connectivity index (χ0n) is 13.9. The van der Waals surface area contributed by atoms with E-state index in [0.717, 1.165) is 16.6 Å². The van der Waals surface area contributed by atoms with Gasteiger partial charge in [-0.1, -0.05) is 23.4 Å². The zero-order valence-corrected chi connectivity index (χ0v) is 13.9. The molecule has 0 bridgehead atoms. The van der Waals surface area contributed by atoms with Gasteiger partial charge in [-0.2, -0.15) is 0 Å². The molecule has 0 unspecified atom stereocenters. The summed E-state index contributed by atoms with van der Waals surface area (Å²) in [5.41, 5.74) is 3.05. The van der Waals surface area contributed by atoms with Gasteiger partial charge in [-0.3, -0.25) is 4.79 Å². The first kappa shape index (κ1) is 15.4. The van der Waals surface area contributed by atoms with E-state index in [4.69, 9.17) is 9.57 Å². The van der Waals surface area contributed by atoms with E-state index in [0.29, 0.717) is 35.2 Å². The third-order valence-electron chi connectivity index (χ3n) is 4.46. The second kappa shape index (κ2) is 5.73. The zero-order chi connectivity index (χ0) is 17.6. The van der Waals surface area contributed by atoms with Crippen LogP contribution in [0.2, 0.25) is 0 Å². The number of carbonyl (C=O) groups is 1. The van der Waals surface area contributed by atoms with Gasteiger partial charge in [0, 0.05) is 30.8 Å². The normalized spacial score (nSPS) is 14.9.